The summed E-state index contributed by atoms with van der Waals surface area (Å²) < 4.78 is 44.7. The van der Waals surface area contributed by atoms with Crippen molar-refractivity contribution in [2.75, 3.05) is 7.11 Å². The summed E-state index contributed by atoms with van der Waals surface area (Å²) in [7, 11) is 1.11. The molecule has 0 aliphatic carbocycles. The van der Waals surface area contributed by atoms with Crippen molar-refractivity contribution in [1.82, 2.24) is 0 Å². The third kappa shape index (κ3) is 4.41. The Morgan fingerprint density at radius 2 is 1.62 bits per heavy atom. The van der Waals surface area contributed by atoms with Gasteiger partial charge >= 0.3 is 5.97 Å². The number of methoxy groups -OCH3 is 1. The Morgan fingerprint density at radius 3 is 2.21 bits per heavy atom. The second-order valence-corrected chi connectivity index (χ2v) is 6.34. The molecule has 4 nitrogen and oxygen atoms in total. The fourth-order valence-corrected chi connectivity index (χ4v) is 2.84. The fraction of sp³-hybridized carbons (Fsp3) is 0.0476. The van der Waals surface area contributed by atoms with Crippen LogP contribution >= 0.6 is 11.6 Å². The van der Waals surface area contributed by atoms with Crippen molar-refractivity contribution >= 4 is 46.0 Å². The number of benzene rings is 3. The Labute approximate surface area is 168 Å². The molecular weight excluding hydrogens is 407 g/mol. The van der Waals surface area contributed by atoms with Crippen LogP contribution in [0.15, 0.2) is 59.1 Å². The SMILES string of the molecule is COC(=O)/C(C=Nc1ccc(F)cc1)=C(\O)c1cc2cc(F)c(F)cc2cc1Cl. The summed E-state index contributed by atoms with van der Waals surface area (Å²) in [6.07, 6.45) is 1.04. The zero-order valence-corrected chi connectivity index (χ0v) is 15.7. The summed E-state index contributed by atoms with van der Waals surface area (Å²) in [6, 6.07) is 9.67. The molecule has 1 N–H and O–H groups in total. The monoisotopic (exact) mass is 419 g/mol. The maximum atomic E-state index is 13.6. The first-order valence-corrected chi connectivity index (χ1v) is 8.58. The summed E-state index contributed by atoms with van der Waals surface area (Å²) in [5.74, 6) is -4.04. The van der Waals surface area contributed by atoms with Crippen LogP contribution in [0.3, 0.4) is 0 Å². The van der Waals surface area contributed by atoms with Gasteiger partial charge in [-0.05, 0) is 59.3 Å². The highest BCUT2D eigenvalue weighted by Gasteiger charge is 2.19. The van der Waals surface area contributed by atoms with E-state index in [0.717, 1.165) is 25.5 Å². The van der Waals surface area contributed by atoms with Crippen molar-refractivity contribution in [3.8, 4) is 0 Å². The van der Waals surface area contributed by atoms with Gasteiger partial charge in [0.2, 0.25) is 0 Å². The smallest absolute Gasteiger partial charge is 0.343 e. The molecule has 0 aliphatic heterocycles. The lowest BCUT2D eigenvalue weighted by Gasteiger charge is -2.10. The van der Waals surface area contributed by atoms with Crippen molar-refractivity contribution < 1.29 is 27.8 Å². The molecule has 3 rings (SSSR count). The van der Waals surface area contributed by atoms with E-state index in [2.05, 4.69) is 9.73 Å². The minimum Gasteiger partial charge on any atom is -0.506 e. The maximum absolute atomic E-state index is 13.6. The molecule has 0 radical (unpaired) electrons. The Bertz CT molecular complexity index is 1160. The number of carbonyl (C=O) groups is 1. The lowest BCUT2D eigenvalue weighted by atomic mass is 10.0. The first-order chi connectivity index (χ1) is 13.8. The first kappa shape index (κ1) is 20.4. The molecule has 0 saturated heterocycles. The van der Waals surface area contributed by atoms with Crippen LogP contribution in [0.2, 0.25) is 5.02 Å². The highest BCUT2D eigenvalue weighted by atomic mass is 35.5. The largest absolute Gasteiger partial charge is 0.506 e. The first-order valence-electron chi connectivity index (χ1n) is 8.20. The predicted octanol–water partition coefficient (Wildman–Crippen LogP) is 5.76. The number of esters is 1. The van der Waals surface area contributed by atoms with Gasteiger partial charge in [0, 0.05) is 11.8 Å². The number of aliphatic hydroxyl groups is 1. The molecule has 0 saturated carbocycles. The van der Waals surface area contributed by atoms with E-state index in [-0.39, 0.29) is 21.5 Å². The zero-order chi connectivity index (χ0) is 21.1. The zero-order valence-electron chi connectivity index (χ0n) is 14.9. The van der Waals surface area contributed by atoms with Gasteiger partial charge in [-0.15, -0.1) is 0 Å². The van der Waals surface area contributed by atoms with Gasteiger partial charge in [-0.1, -0.05) is 11.6 Å². The van der Waals surface area contributed by atoms with Crippen molar-refractivity contribution in [2.45, 2.75) is 0 Å². The van der Waals surface area contributed by atoms with Crippen LogP contribution in [-0.4, -0.2) is 24.4 Å². The minimum absolute atomic E-state index is 0.00223. The number of rotatable bonds is 4. The summed E-state index contributed by atoms with van der Waals surface area (Å²) in [5, 5.41) is 11.2. The Morgan fingerprint density at radius 1 is 1.03 bits per heavy atom. The molecule has 0 aromatic heterocycles. The molecule has 0 bridgehead atoms. The van der Waals surface area contributed by atoms with Gasteiger partial charge in [0.1, 0.15) is 17.1 Å². The molecular formula is C21H13ClF3NO3. The number of ether oxygens (including phenoxy) is 1. The average Bonchev–Trinajstić information content (AvgIpc) is 2.70. The van der Waals surface area contributed by atoms with Crippen LogP contribution in [-0.2, 0) is 9.53 Å². The highest BCUT2D eigenvalue weighted by molar-refractivity contribution is 6.33. The summed E-state index contributed by atoms with van der Waals surface area (Å²) in [4.78, 5) is 16.1. The molecule has 0 spiro atoms. The van der Waals surface area contributed by atoms with Gasteiger partial charge in [0.25, 0.3) is 0 Å². The standard InChI is InChI=1S/C21H13ClF3NO3/c1-29-21(28)16(10-26-14-4-2-13(23)3-5-14)20(27)15-6-11-8-18(24)19(25)9-12(11)7-17(15)22/h2-10,27H,1H3/b20-16-,26-10?. The number of hydrogen-bond acceptors (Lipinski definition) is 4. The van der Waals surface area contributed by atoms with Crippen molar-refractivity contribution in [3.63, 3.8) is 0 Å². The van der Waals surface area contributed by atoms with Gasteiger partial charge in [-0.2, -0.15) is 0 Å². The lowest BCUT2D eigenvalue weighted by Crippen LogP contribution is -2.09. The normalized spacial score (nSPS) is 12.3. The van der Waals surface area contributed by atoms with Gasteiger partial charge in [-0.25, -0.2) is 18.0 Å². The molecule has 0 aliphatic rings. The van der Waals surface area contributed by atoms with E-state index in [0.29, 0.717) is 11.1 Å². The van der Waals surface area contributed by atoms with Crippen LogP contribution in [0.25, 0.3) is 16.5 Å². The van der Waals surface area contributed by atoms with E-state index in [1.807, 2.05) is 0 Å². The molecule has 3 aromatic rings. The van der Waals surface area contributed by atoms with Crippen molar-refractivity contribution in [3.05, 3.63) is 82.1 Å². The Hall–Kier alpha value is -3.32. The van der Waals surface area contributed by atoms with Gasteiger partial charge in [0.05, 0.1) is 17.8 Å². The average molecular weight is 420 g/mol. The topological polar surface area (TPSA) is 58.9 Å². The third-order valence-electron chi connectivity index (χ3n) is 4.05. The second-order valence-electron chi connectivity index (χ2n) is 5.93. The van der Waals surface area contributed by atoms with E-state index in [1.54, 1.807) is 0 Å². The molecule has 0 atom stereocenters. The fourth-order valence-electron chi connectivity index (χ4n) is 2.58. The van der Waals surface area contributed by atoms with Crippen LogP contribution < -0.4 is 0 Å². The van der Waals surface area contributed by atoms with E-state index >= 15 is 0 Å². The van der Waals surface area contributed by atoms with Gasteiger partial charge in [-0.3, -0.25) is 4.99 Å². The molecule has 0 heterocycles. The predicted molar refractivity (Wildman–Crippen MR) is 105 cm³/mol. The van der Waals surface area contributed by atoms with Crippen LogP contribution in [0.4, 0.5) is 18.9 Å². The van der Waals surface area contributed by atoms with Crippen LogP contribution in [0.1, 0.15) is 5.56 Å². The van der Waals surface area contributed by atoms with Gasteiger partial charge < -0.3 is 9.84 Å². The second kappa shape index (κ2) is 8.36. The number of aliphatic hydroxyl groups excluding tert-OH is 1. The number of carbonyl (C=O) groups excluding carboxylic acids is 1. The number of halogens is 4. The Balaban J connectivity index is 2.13. The molecule has 29 heavy (non-hydrogen) atoms. The molecule has 148 valence electrons. The number of aliphatic imine (C=N–C) groups is 1. The summed E-state index contributed by atoms with van der Waals surface area (Å²) >= 11 is 6.17. The highest BCUT2D eigenvalue weighted by Crippen LogP contribution is 2.31. The molecule has 8 heteroatoms. The molecule has 0 amide bonds. The Kier molecular flexibility index (Phi) is 5.89. The quantitative estimate of drug-likeness (QED) is 0.253. The number of fused-ring (bicyclic) bond motifs is 1. The number of hydrogen-bond donors (Lipinski definition) is 1. The molecule has 0 unspecified atom stereocenters. The minimum atomic E-state index is -1.07. The summed E-state index contributed by atoms with van der Waals surface area (Å²) in [6.45, 7) is 0. The van der Waals surface area contributed by atoms with Crippen molar-refractivity contribution in [2.24, 2.45) is 4.99 Å². The van der Waals surface area contributed by atoms with Crippen LogP contribution in [0.5, 0.6) is 0 Å². The summed E-state index contributed by atoms with van der Waals surface area (Å²) in [5.41, 5.74) is -0.0143. The lowest BCUT2D eigenvalue weighted by molar-refractivity contribution is -0.135. The van der Waals surface area contributed by atoms with E-state index in [4.69, 9.17) is 11.6 Å². The van der Waals surface area contributed by atoms with E-state index in [1.165, 1.54) is 36.4 Å². The van der Waals surface area contributed by atoms with Crippen LogP contribution in [0, 0.1) is 17.5 Å². The number of nitrogens with zero attached hydrogens (tertiary/aromatic N) is 1. The van der Waals surface area contributed by atoms with E-state index in [9.17, 15) is 23.1 Å². The third-order valence-corrected chi connectivity index (χ3v) is 4.36. The maximum Gasteiger partial charge on any atom is 0.343 e. The van der Waals surface area contributed by atoms with Gasteiger partial charge in [0.15, 0.2) is 11.6 Å². The molecule has 0 fully saturated rings. The molecule has 3 aromatic carbocycles. The van der Waals surface area contributed by atoms with E-state index < -0.39 is 29.2 Å². The van der Waals surface area contributed by atoms with Crippen molar-refractivity contribution in [1.29, 1.82) is 0 Å².